The van der Waals surface area contributed by atoms with Crippen LogP contribution in [-0.2, 0) is 11.2 Å². The summed E-state index contributed by atoms with van der Waals surface area (Å²) in [6.07, 6.45) is 3.42. The van der Waals surface area contributed by atoms with Crippen LogP contribution >= 0.6 is 0 Å². The maximum atomic E-state index is 11.4. The molecule has 0 N–H and O–H groups in total. The van der Waals surface area contributed by atoms with Crippen molar-refractivity contribution < 1.29 is 4.79 Å². The zero-order chi connectivity index (χ0) is 12.3. The van der Waals surface area contributed by atoms with E-state index in [4.69, 9.17) is 0 Å². The molecule has 0 spiro atoms. The van der Waals surface area contributed by atoms with Crippen LogP contribution in [-0.4, -0.2) is 23.9 Å². The molecular formula is C15H21NO. The first-order valence-electron chi connectivity index (χ1n) is 6.55. The van der Waals surface area contributed by atoms with Crippen molar-refractivity contribution in [1.82, 2.24) is 4.90 Å². The maximum Gasteiger partial charge on any atom is 0.219 e. The minimum atomic E-state index is 0.208. The van der Waals surface area contributed by atoms with Crippen molar-refractivity contribution in [3.8, 4) is 0 Å². The summed E-state index contributed by atoms with van der Waals surface area (Å²) in [5.74, 6) is 0.735. The zero-order valence-corrected chi connectivity index (χ0v) is 10.8. The van der Waals surface area contributed by atoms with Gasteiger partial charge in [-0.2, -0.15) is 0 Å². The molecule has 0 radical (unpaired) electrons. The second-order valence-corrected chi connectivity index (χ2v) is 4.90. The van der Waals surface area contributed by atoms with E-state index in [-0.39, 0.29) is 5.91 Å². The number of hydrogen-bond acceptors (Lipinski definition) is 1. The van der Waals surface area contributed by atoms with Crippen molar-refractivity contribution in [1.29, 1.82) is 0 Å². The molecule has 92 valence electrons. The molecule has 2 nitrogen and oxygen atoms in total. The lowest BCUT2D eigenvalue weighted by Gasteiger charge is -2.32. The molecule has 1 aromatic rings. The first kappa shape index (κ1) is 12.2. The SMILES string of the molecule is CCc1ccc(C2CCCN(C(C)=O)C2)cc1. The normalized spacial score (nSPS) is 20.4. The summed E-state index contributed by atoms with van der Waals surface area (Å²) in [6, 6.07) is 8.88. The van der Waals surface area contributed by atoms with Gasteiger partial charge in [-0.05, 0) is 30.4 Å². The number of likely N-dealkylation sites (tertiary alicyclic amines) is 1. The summed E-state index contributed by atoms with van der Waals surface area (Å²) in [5.41, 5.74) is 2.76. The Hall–Kier alpha value is -1.31. The van der Waals surface area contributed by atoms with Crippen molar-refractivity contribution in [2.24, 2.45) is 0 Å². The van der Waals surface area contributed by atoms with Gasteiger partial charge >= 0.3 is 0 Å². The standard InChI is InChI=1S/C15H21NO/c1-3-13-6-8-14(9-7-13)15-5-4-10-16(11-15)12(2)17/h6-9,15H,3-5,10-11H2,1-2H3. The predicted molar refractivity (Wildman–Crippen MR) is 70.0 cm³/mol. The molecule has 1 fully saturated rings. The summed E-state index contributed by atoms with van der Waals surface area (Å²) in [7, 11) is 0. The number of rotatable bonds is 2. The molecule has 2 heteroatoms. The Labute approximate surface area is 104 Å². The first-order chi connectivity index (χ1) is 8.20. The lowest BCUT2D eigenvalue weighted by molar-refractivity contribution is -0.130. The zero-order valence-electron chi connectivity index (χ0n) is 10.8. The van der Waals surface area contributed by atoms with Crippen LogP contribution in [0, 0.1) is 0 Å². The number of nitrogens with zero attached hydrogens (tertiary/aromatic N) is 1. The minimum Gasteiger partial charge on any atom is -0.342 e. The maximum absolute atomic E-state index is 11.4. The van der Waals surface area contributed by atoms with Crippen LogP contribution < -0.4 is 0 Å². The number of amides is 1. The van der Waals surface area contributed by atoms with Crippen molar-refractivity contribution in [2.75, 3.05) is 13.1 Å². The van der Waals surface area contributed by atoms with E-state index in [0.717, 1.165) is 25.9 Å². The third kappa shape index (κ3) is 2.87. The molecule has 0 aromatic heterocycles. The fourth-order valence-electron chi connectivity index (χ4n) is 2.56. The molecule has 0 saturated carbocycles. The molecule has 1 unspecified atom stereocenters. The van der Waals surface area contributed by atoms with Crippen LogP contribution in [0.4, 0.5) is 0 Å². The van der Waals surface area contributed by atoms with Gasteiger partial charge in [-0.1, -0.05) is 31.2 Å². The van der Waals surface area contributed by atoms with Gasteiger partial charge in [0.25, 0.3) is 0 Å². The lowest BCUT2D eigenvalue weighted by Crippen LogP contribution is -2.37. The number of piperidine rings is 1. The fourth-order valence-corrected chi connectivity index (χ4v) is 2.56. The second-order valence-electron chi connectivity index (χ2n) is 4.90. The second kappa shape index (κ2) is 5.35. The molecule has 1 saturated heterocycles. The molecule has 1 amide bonds. The van der Waals surface area contributed by atoms with Crippen molar-refractivity contribution >= 4 is 5.91 Å². The summed E-state index contributed by atoms with van der Waals surface area (Å²) < 4.78 is 0. The van der Waals surface area contributed by atoms with Crippen LogP contribution in [0.5, 0.6) is 0 Å². The van der Waals surface area contributed by atoms with Gasteiger partial charge in [-0.15, -0.1) is 0 Å². The highest BCUT2D eigenvalue weighted by atomic mass is 16.2. The van der Waals surface area contributed by atoms with Crippen molar-refractivity contribution in [3.05, 3.63) is 35.4 Å². The number of carbonyl (C=O) groups is 1. The number of benzene rings is 1. The van der Waals surface area contributed by atoms with Crippen molar-refractivity contribution in [3.63, 3.8) is 0 Å². The lowest BCUT2D eigenvalue weighted by atomic mass is 9.90. The Morgan fingerprint density at radius 3 is 2.65 bits per heavy atom. The van der Waals surface area contributed by atoms with Crippen LogP contribution in [0.2, 0.25) is 0 Å². The summed E-state index contributed by atoms with van der Waals surface area (Å²) in [6.45, 7) is 5.66. The van der Waals surface area contributed by atoms with Gasteiger partial charge in [0.1, 0.15) is 0 Å². The number of aryl methyl sites for hydroxylation is 1. The Morgan fingerprint density at radius 2 is 2.06 bits per heavy atom. The van der Waals surface area contributed by atoms with Gasteiger partial charge < -0.3 is 4.90 Å². The molecule has 1 aliphatic rings. The van der Waals surface area contributed by atoms with E-state index in [9.17, 15) is 4.79 Å². The van der Waals surface area contributed by atoms with E-state index in [1.165, 1.54) is 17.5 Å². The highest BCUT2D eigenvalue weighted by Gasteiger charge is 2.22. The monoisotopic (exact) mass is 231 g/mol. The van der Waals surface area contributed by atoms with Crippen molar-refractivity contribution in [2.45, 2.75) is 39.0 Å². The summed E-state index contributed by atoms with van der Waals surface area (Å²) in [5, 5.41) is 0. The molecule has 2 rings (SSSR count). The third-order valence-electron chi connectivity index (χ3n) is 3.73. The smallest absolute Gasteiger partial charge is 0.219 e. The highest BCUT2D eigenvalue weighted by molar-refractivity contribution is 5.73. The molecule has 0 bridgehead atoms. The van der Waals surface area contributed by atoms with E-state index in [1.54, 1.807) is 6.92 Å². The minimum absolute atomic E-state index is 0.208. The topological polar surface area (TPSA) is 20.3 Å². The van der Waals surface area contributed by atoms with Gasteiger partial charge in [-0.3, -0.25) is 4.79 Å². The quantitative estimate of drug-likeness (QED) is 0.766. The Balaban J connectivity index is 2.08. The number of carbonyl (C=O) groups excluding carboxylic acids is 1. The fraction of sp³-hybridized carbons (Fsp3) is 0.533. The van der Waals surface area contributed by atoms with E-state index in [2.05, 4.69) is 31.2 Å². The van der Waals surface area contributed by atoms with Gasteiger partial charge in [0, 0.05) is 25.9 Å². The highest BCUT2D eigenvalue weighted by Crippen LogP contribution is 2.27. The molecule has 1 aromatic carbocycles. The van der Waals surface area contributed by atoms with Gasteiger partial charge in [0.05, 0.1) is 0 Å². The molecule has 1 atom stereocenters. The third-order valence-corrected chi connectivity index (χ3v) is 3.73. The van der Waals surface area contributed by atoms with Crippen LogP contribution in [0.3, 0.4) is 0 Å². The summed E-state index contributed by atoms with van der Waals surface area (Å²) >= 11 is 0. The number of hydrogen-bond donors (Lipinski definition) is 0. The average Bonchev–Trinajstić information content (AvgIpc) is 2.39. The average molecular weight is 231 g/mol. The van der Waals surface area contributed by atoms with Crippen LogP contribution in [0.15, 0.2) is 24.3 Å². The van der Waals surface area contributed by atoms with Gasteiger partial charge in [-0.25, -0.2) is 0 Å². The Bertz CT molecular complexity index is 382. The molecular weight excluding hydrogens is 210 g/mol. The van der Waals surface area contributed by atoms with Crippen LogP contribution in [0.25, 0.3) is 0 Å². The Morgan fingerprint density at radius 1 is 1.35 bits per heavy atom. The van der Waals surface area contributed by atoms with E-state index in [1.807, 2.05) is 4.90 Å². The molecule has 1 aliphatic heterocycles. The summed E-state index contributed by atoms with van der Waals surface area (Å²) in [4.78, 5) is 13.4. The first-order valence-corrected chi connectivity index (χ1v) is 6.55. The van der Waals surface area contributed by atoms with E-state index < -0.39 is 0 Å². The van der Waals surface area contributed by atoms with Gasteiger partial charge in [0.15, 0.2) is 0 Å². The molecule has 17 heavy (non-hydrogen) atoms. The van der Waals surface area contributed by atoms with Gasteiger partial charge in [0.2, 0.25) is 5.91 Å². The molecule has 1 heterocycles. The predicted octanol–water partition coefficient (Wildman–Crippen LogP) is 2.97. The van der Waals surface area contributed by atoms with E-state index >= 15 is 0 Å². The largest absolute Gasteiger partial charge is 0.342 e. The van der Waals surface area contributed by atoms with E-state index in [0.29, 0.717) is 5.92 Å². The van der Waals surface area contributed by atoms with Crippen LogP contribution in [0.1, 0.15) is 43.7 Å². The molecule has 0 aliphatic carbocycles. The Kier molecular flexibility index (Phi) is 3.82.